The Morgan fingerprint density at radius 3 is 2.79 bits per heavy atom. The topological polar surface area (TPSA) is 75.2 Å². The first kappa shape index (κ1) is 13.2. The molecule has 0 fully saturated rings. The molecule has 100 valence electrons. The molecule has 1 aromatic carbocycles. The molecule has 1 aromatic heterocycles. The first-order chi connectivity index (χ1) is 9.13. The molecule has 0 saturated carbocycles. The van der Waals surface area contributed by atoms with Crippen LogP contribution in [0.3, 0.4) is 0 Å². The lowest BCUT2D eigenvalue weighted by molar-refractivity contribution is 0.127. The predicted molar refractivity (Wildman–Crippen MR) is 67.2 cm³/mol. The van der Waals surface area contributed by atoms with Crippen molar-refractivity contribution in [2.24, 2.45) is 0 Å². The Hall–Kier alpha value is -2.21. The summed E-state index contributed by atoms with van der Waals surface area (Å²) in [5.41, 5.74) is -0.776. The fraction of sp³-hybridized carbons (Fsp3) is 0.231. The van der Waals surface area contributed by atoms with Gasteiger partial charge in [0.15, 0.2) is 0 Å². The van der Waals surface area contributed by atoms with Gasteiger partial charge in [-0.05, 0) is 13.0 Å². The highest BCUT2D eigenvalue weighted by atomic mass is 19.1. The van der Waals surface area contributed by atoms with Crippen molar-refractivity contribution >= 4 is 0 Å². The van der Waals surface area contributed by atoms with Crippen molar-refractivity contribution in [2.75, 3.05) is 6.61 Å². The molecule has 1 heterocycles. The van der Waals surface area contributed by atoms with Gasteiger partial charge in [-0.15, -0.1) is 0 Å². The number of aromatic amines is 1. The van der Waals surface area contributed by atoms with Crippen LogP contribution in [-0.4, -0.2) is 21.7 Å². The van der Waals surface area contributed by atoms with E-state index in [0.717, 1.165) is 0 Å². The number of halogens is 1. The van der Waals surface area contributed by atoms with Crippen LogP contribution in [-0.2, 0) is 11.3 Å². The number of ether oxygens (including phenoxy) is 1. The molecule has 0 radical (unpaired) electrons. The predicted octanol–water partition coefficient (Wildman–Crippen LogP) is 1.82. The standard InChI is InChI=1S/C13H13FN2O3/c1-2-19-7-10-15-12(17)11(13(18)16-10)8-5-3-4-6-9(8)14/h3-6H,2,7H2,1H3,(H2,15,16,17,18). The third-order valence-electron chi connectivity index (χ3n) is 2.54. The average molecular weight is 264 g/mol. The lowest BCUT2D eigenvalue weighted by atomic mass is 10.1. The lowest BCUT2D eigenvalue weighted by Gasteiger charge is -2.07. The van der Waals surface area contributed by atoms with Gasteiger partial charge in [-0.2, -0.15) is 4.98 Å². The summed E-state index contributed by atoms with van der Waals surface area (Å²) in [5.74, 6) is -0.907. The number of benzene rings is 1. The van der Waals surface area contributed by atoms with Crippen molar-refractivity contribution in [1.29, 1.82) is 0 Å². The molecule has 0 aliphatic rings. The highest BCUT2D eigenvalue weighted by molar-refractivity contribution is 5.67. The van der Waals surface area contributed by atoms with E-state index < -0.39 is 17.3 Å². The largest absolute Gasteiger partial charge is 0.493 e. The van der Waals surface area contributed by atoms with Crippen molar-refractivity contribution in [3.8, 4) is 17.0 Å². The number of aromatic hydroxyl groups is 1. The minimum Gasteiger partial charge on any atom is -0.493 e. The van der Waals surface area contributed by atoms with Crippen LogP contribution in [0.15, 0.2) is 29.1 Å². The molecule has 2 aromatic rings. The van der Waals surface area contributed by atoms with Gasteiger partial charge in [0.25, 0.3) is 5.56 Å². The smallest absolute Gasteiger partial charge is 0.262 e. The highest BCUT2D eigenvalue weighted by Crippen LogP contribution is 2.25. The van der Waals surface area contributed by atoms with Gasteiger partial charge in [-0.3, -0.25) is 4.79 Å². The summed E-state index contributed by atoms with van der Waals surface area (Å²) >= 11 is 0. The van der Waals surface area contributed by atoms with Crippen molar-refractivity contribution in [3.63, 3.8) is 0 Å². The monoisotopic (exact) mass is 264 g/mol. The summed E-state index contributed by atoms with van der Waals surface area (Å²) in [6.07, 6.45) is 0. The van der Waals surface area contributed by atoms with Gasteiger partial charge in [-0.1, -0.05) is 18.2 Å². The van der Waals surface area contributed by atoms with Crippen LogP contribution >= 0.6 is 0 Å². The third-order valence-corrected chi connectivity index (χ3v) is 2.54. The summed E-state index contributed by atoms with van der Waals surface area (Å²) in [5, 5.41) is 9.80. The Kier molecular flexibility index (Phi) is 3.91. The van der Waals surface area contributed by atoms with Gasteiger partial charge in [0.1, 0.15) is 23.8 Å². The number of nitrogens with one attached hydrogen (secondary N) is 1. The minimum atomic E-state index is -0.604. The molecule has 19 heavy (non-hydrogen) atoms. The lowest BCUT2D eigenvalue weighted by Crippen LogP contribution is -2.15. The van der Waals surface area contributed by atoms with Crippen LogP contribution in [0.1, 0.15) is 12.7 Å². The van der Waals surface area contributed by atoms with Crippen LogP contribution in [0.25, 0.3) is 11.1 Å². The summed E-state index contributed by atoms with van der Waals surface area (Å²) in [7, 11) is 0. The highest BCUT2D eigenvalue weighted by Gasteiger charge is 2.16. The molecule has 0 aliphatic carbocycles. The Labute approximate surface area is 108 Å². The fourth-order valence-electron chi connectivity index (χ4n) is 1.68. The van der Waals surface area contributed by atoms with E-state index in [0.29, 0.717) is 6.61 Å². The van der Waals surface area contributed by atoms with Crippen molar-refractivity contribution in [2.45, 2.75) is 13.5 Å². The van der Waals surface area contributed by atoms with E-state index in [9.17, 15) is 14.3 Å². The van der Waals surface area contributed by atoms with Crippen LogP contribution in [0.5, 0.6) is 5.88 Å². The quantitative estimate of drug-likeness (QED) is 0.883. The van der Waals surface area contributed by atoms with E-state index >= 15 is 0 Å². The van der Waals surface area contributed by atoms with Crippen molar-refractivity contribution in [3.05, 3.63) is 46.3 Å². The first-order valence-corrected chi connectivity index (χ1v) is 5.78. The van der Waals surface area contributed by atoms with Crippen molar-refractivity contribution in [1.82, 2.24) is 9.97 Å². The maximum absolute atomic E-state index is 13.6. The van der Waals surface area contributed by atoms with Gasteiger partial charge in [-0.25, -0.2) is 4.39 Å². The zero-order chi connectivity index (χ0) is 13.8. The normalized spacial score (nSPS) is 10.6. The van der Waals surface area contributed by atoms with E-state index in [1.807, 2.05) is 0 Å². The van der Waals surface area contributed by atoms with Crippen LogP contribution in [0, 0.1) is 5.82 Å². The van der Waals surface area contributed by atoms with Gasteiger partial charge in [0, 0.05) is 12.2 Å². The molecule has 2 rings (SSSR count). The summed E-state index contributed by atoms with van der Waals surface area (Å²) < 4.78 is 18.7. The second-order valence-corrected chi connectivity index (χ2v) is 3.83. The molecule has 0 atom stereocenters. The van der Waals surface area contributed by atoms with E-state index in [1.165, 1.54) is 18.2 Å². The maximum Gasteiger partial charge on any atom is 0.262 e. The SMILES string of the molecule is CCOCc1nc(O)c(-c2ccccc2F)c(=O)[nH]1. The van der Waals surface area contributed by atoms with Gasteiger partial charge >= 0.3 is 0 Å². The zero-order valence-electron chi connectivity index (χ0n) is 10.3. The molecule has 0 bridgehead atoms. The van der Waals surface area contributed by atoms with E-state index in [2.05, 4.69) is 9.97 Å². The second kappa shape index (κ2) is 5.62. The number of H-pyrrole nitrogens is 1. The molecule has 0 amide bonds. The Bertz CT molecular complexity index is 640. The molecule has 0 unspecified atom stereocenters. The van der Waals surface area contributed by atoms with Gasteiger partial charge < -0.3 is 14.8 Å². The summed E-state index contributed by atoms with van der Waals surface area (Å²) in [4.78, 5) is 18.2. The third kappa shape index (κ3) is 2.79. The number of rotatable bonds is 4. The number of nitrogens with zero attached hydrogens (tertiary/aromatic N) is 1. The van der Waals surface area contributed by atoms with Crippen LogP contribution in [0.4, 0.5) is 4.39 Å². The van der Waals surface area contributed by atoms with Gasteiger partial charge in [0.2, 0.25) is 5.88 Å². The Balaban J connectivity index is 2.49. The first-order valence-electron chi connectivity index (χ1n) is 5.78. The van der Waals surface area contributed by atoms with Crippen LogP contribution in [0.2, 0.25) is 0 Å². The molecule has 6 heteroatoms. The van der Waals surface area contributed by atoms with E-state index in [4.69, 9.17) is 4.74 Å². The summed E-state index contributed by atoms with van der Waals surface area (Å²) in [6.45, 7) is 2.34. The fourth-order valence-corrected chi connectivity index (χ4v) is 1.68. The summed E-state index contributed by atoms with van der Waals surface area (Å²) in [6, 6.07) is 5.69. The van der Waals surface area contributed by atoms with E-state index in [1.54, 1.807) is 13.0 Å². The maximum atomic E-state index is 13.6. The molecule has 0 aliphatic heterocycles. The Morgan fingerprint density at radius 2 is 2.16 bits per heavy atom. The minimum absolute atomic E-state index is 0.0108. The molecule has 2 N–H and O–H groups in total. The molecule has 0 spiro atoms. The second-order valence-electron chi connectivity index (χ2n) is 3.83. The Morgan fingerprint density at radius 1 is 1.42 bits per heavy atom. The molecule has 5 nitrogen and oxygen atoms in total. The van der Waals surface area contributed by atoms with E-state index in [-0.39, 0.29) is 23.6 Å². The zero-order valence-corrected chi connectivity index (χ0v) is 10.3. The van der Waals surface area contributed by atoms with Crippen molar-refractivity contribution < 1.29 is 14.2 Å². The van der Waals surface area contributed by atoms with Gasteiger partial charge in [0.05, 0.1) is 0 Å². The number of hydrogen-bond acceptors (Lipinski definition) is 4. The van der Waals surface area contributed by atoms with Crippen LogP contribution < -0.4 is 5.56 Å². The molecular weight excluding hydrogens is 251 g/mol. The molecule has 0 saturated heterocycles. The number of hydrogen-bond donors (Lipinski definition) is 2. The molecular formula is C13H13FN2O3. The number of aromatic nitrogens is 2. The average Bonchev–Trinajstić information content (AvgIpc) is 2.38.